The number of carboxylic acid groups (broad SMARTS) is 1. The number of amides is 1. The molecular formula is C16H24N2O3. The van der Waals surface area contributed by atoms with Crippen molar-refractivity contribution in [3.05, 3.63) is 29.8 Å². The van der Waals surface area contributed by atoms with Crippen LogP contribution in [0.2, 0.25) is 0 Å². The molecule has 0 saturated carbocycles. The van der Waals surface area contributed by atoms with Gasteiger partial charge in [0, 0.05) is 26.2 Å². The van der Waals surface area contributed by atoms with Crippen molar-refractivity contribution in [1.82, 2.24) is 5.32 Å². The Hall–Kier alpha value is -2.04. The summed E-state index contributed by atoms with van der Waals surface area (Å²) in [5, 5.41) is 11.6. The molecule has 1 rings (SSSR count). The highest BCUT2D eigenvalue weighted by Crippen LogP contribution is 2.14. The van der Waals surface area contributed by atoms with Gasteiger partial charge >= 0.3 is 5.97 Å². The van der Waals surface area contributed by atoms with Crippen LogP contribution in [0, 0.1) is 5.92 Å². The number of aliphatic carboxylic acids is 1. The van der Waals surface area contributed by atoms with Crippen LogP contribution in [0.5, 0.6) is 0 Å². The Labute approximate surface area is 126 Å². The van der Waals surface area contributed by atoms with Crippen molar-refractivity contribution in [2.75, 3.05) is 19.0 Å². The molecule has 1 amide bonds. The predicted molar refractivity (Wildman–Crippen MR) is 83.5 cm³/mol. The first-order chi connectivity index (χ1) is 9.81. The normalized spacial score (nSPS) is 12.0. The van der Waals surface area contributed by atoms with Gasteiger partial charge in [-0.15, -0.1) is 0 Å². The van der Waals surface area contributed by atoms with Gasteiger partial charge in [0.15, 0.2) is 0 Å². The number of rotatable bonds is 7. The summed E-state index contributed by atoms with van der Waals surface area (Å²) >= 11 is 0. The summed E-state index contributed by atoms with van der Waals surface area (Å²) in [4.78, 5) is 24.9. The molecule has 0 saturated heterocycles. The van der Waals surface area contributed by atoms with E-state index in [0.29, 0.717) is 6.42 Å². The van der Waals surface area contributed by atoms with Crippen LogP contribution in [-0.4, -0.2) is 37.1 Å². The van der Waals surface area contributed by atoms with E-state index in [2.05, 4.69) is 5.32 Å². The summed E-state index contributed by atoms with van der Waals surface area (Å²) in [6.45, 7) is 3.55. The van der Waals surface area contributed by atoms with E-state index in [1.165, 1.54) is 0 Å². The van der Waals surface area contributed by atoms with Crippen molar-refractivity contribution in [1.29, 1.82) is 0 Å². The molecule has 0 aliphatic heterocycles. The van der Waals surface area contributed by atoms with E-state index in [1.807, 2.05) is 43.3 Å². The first-order valence-corrected chi connectivity index (χ1v) is 7.09. The third-order valence-corrected chi connectivity index (χ3v) is 3.32. The topological polar surface area (TPSA) is 69.6 Å². The molecule has 0 radical (unpaired) electrons. The zero-order valence-electron chi connectivity index (χ0n) is 13.1. The lowest BCUT2D eigenvalue weighted by Crippen LogP contribution is -2.44. The number of nitrogens with one attached hydrogen (secondary N) is 1. The lowest BCUT2D eigenvalue weighted by atomic mass is 10.0. The second-order valence-corrected chi connectivity index (χ2v) is 5.69. The Morgan fingerprint density at radius 3 is 2.48 bits per heavy atom. The van der Waals surface area contributed by atoms with Crippen LogP contribution >= 0.6 is 0 Å². The molecule has 1 atom stereocenters. The molecule has 1 aromatic rings. The zero-order valence-corrected chi connectivity index (χ0v) is 13.1. The maximum absolute atomic E-state index is 11.9. The van der Waals surface area contributed by atoms with E-state index >= 15 is 0 Å². The van der Waals surface area contributed by atoms with Crippen molar-refractivity contribution >= 4 is 17.6 Å². The first-order valence-electron chi connectivity index (χ1n) is 7.09. The number of anilines is 1. The summed E-state index contributed by atoms with van der Waals surface area (Å²) in [5.74, 6) is -1.36. The second-order valence-electron chi connectivity index (χ2n) is 5.69. The van der Waals surface area contributed by atoms with Gasteiger partial charge in [0.1, 0.15) is 6.04 Å². The van der Waals surface area contributed by atoms with Crippen LogP contribution in [0.4, 0.5) is 5.69 Å². The number of nitrogens with zero attached hydrogens (tertiary/aromatic N) is 1. The number of aryl methyl sites for hydroxylation is 1. The molecule has 21 heavy (non-hydrogen) atoms. The molecule has 0 aromatic heterocycles. The van der Waals surface area contributed by atoms with E-state index in [9.17, 15) is 9.59 Å². The van der Waals surface area contributed by atoms with Gasteiger partial charge in [-0.05, 0) is 30.0 Å². The molecule has 0 heterocycles. The molecule has 0 bridgehead atoms. The number of hydrogen-bond donors (Lipinski definition) is 2. The zero-order chi connectivity index (χ0) is 16.0. The van der Waals surface area contributed by atoms with Crippen LogP contribution in [-0.2, 0) is 16.0 Å². The van der Waals surface area contributed by atoms with Gasteiger partial charge in [0.05, 0.1) is 0 Å². The van der Waals surface area contributed by atoms with Gasteiger partial charge in [-0.2, -0.15) is 0 Å². The van der Waals surface area contributed by atoms with Crippen LogP contribution in [0.1, 0.15) is 25.8 Å². The Kier molecular flexibility index (Phi) is 6.21. The Morgan fingerprint density at radius 1 is 1.29 bits per heavy atom. The monoisotopic (exact) mass is 292 g/mol. The summed E-state index contributed by atoms with van der Waals surface area (Å²) in [6.07, 6.45) is 0.880. The molecule has 0 aliphatic rings. The summed E-state index contributed by atoms with van der Waals surface area (Å²) in [7, 11) is 3.93. The van der Waals surface area contributed by atoms with E-state index < -0.39 is 12.0 Å². The van der Waals surface area contributed by atoms with Crippen molar-refractivity contribution in [3.8, 4) is 0 Å². The molecule has 0 spiro atoms. The van der Waals surface area contributed by atoms with Crippen LogP contribution in [0.3, 0.4) is 0 Å². The minimum atomic E-state index is -0.993. The van der Waals surface area contributed by atoms with E-state index in [-0.39, 0.29) is 18.2 Å². The van der Waals surface area contributed by atoms with Crippen molar-refractivity contribution in [3.63, 3.8) is 0 Å². The SMILES string of the molecule is CC(C)[C@H](NC(=O)CCc1cccc(N(C)C)c1)C(=O)O. The fraction of sp³-hybridized carbons (Fsp3) is 0.500. The van der Waals surface area contributed by atoms with Crippen molar-refractivity contribution in [2.24, 2.45) is 5.92 Å². The number of hydrogen-bond acceptors (Lipinski definition) is 3. The van der Waals surface area contributed by atoms with Gasteiger partial charge in [0.25, 0.3) is 0 Å². The van der Waals surface area contributed by atoms with Gasteiger partial charge in [-0.3, -0.25) is 4.79 Å². The fourth-order valence-corrected chi connectivity index (χ4v) is 2.01. The Bertz CT molecular complexity index is 498. The van der Waals surface area contributed by atoms with Crippen LogP contribution in [0.15, 0.2) is 24.3 Å². The van der Waals surface area contributed by atoms with Crippen molar-refractivity contribution in [2.45, 2.75) is 32.7 Å². The molecule has 0 unspecified atom stereocenters. The Morgan fingerprint density at radius 2 is 1.95 bits per heavy atom. The maximum atomic E-state index is 11.9. The third kappa shape index (κ3) is 5.45. The molecule has 116 valence electrons. The first kappa shape index (κ1) is 17.0. The smallest absolute Gasteiger partial charge is 0.326 e. The summed E-state index contributed by atoms with van der Waals surface area (Å²) < 4.78 is 0. The van der Waals surface area contributed by atoms with E-state index in [1.54, 1.807) is 13.8 Å². The average molecular weight is 292 g/mol. The van der Waals surface area contributed by atoms with E-state index in [0.717, 1.165) is 11.3 Å². The highest BCUT2D eigenvalue weighted by molar-refractivity contribution is 5.83. The maximum Gasteiger partial charge on any atom is 0.326 e. The quantitative estimate of drug-likeness (QED) is 0.805. The molecule has 2 N–H and O–H groups in total. The molecule has 1 aromatic carbocycles. The minimum absolute atomic E-state index is 0.136. The summed E-state index contributed by atoms with van der Waals surface area (Å²) in [6, 6.07) is 7.13. The molecule has 5 nitrogen and oxygen atoms in total. The number of benzene rings is 1. The van der Waals surface area contributed by atoms with Crippen LogP contribution in [0.25, 0.3) is 0 Å². The number of carbonyl (C=O) groups is 2. The third-order valence-electron chi connectivity index (χ3n) is 3.32. The standard InChI is InChI=1S/C16H24N2O3/c1-11(2)15(16(20)21)17-14(19)9-8-12-6-5-7-13(10-12)18(3)4/h5-7,10-11,15H,8-9H2,1-4H3,(H,17,19)(H,20,21)/t15-/m0/s1. The van der Waals surface area contributed by atoms with Crippen LogP contribution < -0.4 is 10.2 Å². The van der Waals surface area contributed by atoms with Gasteiger partial charge in [0.2, 0.25) is 5.91 Å². The largest absolute Gasteiger partial charge is 0.480 e. The lowest BCUT2D eigenvalue weighted by molar-refractivity contribution is -0.143. The Balaban J connectivity index is 2.57. The summed E-state index contributed by atoms with van der Waals surface area (Å²) in [5.41, 5.74) is 2.14. The second kappa shape index (κ2) is 7.67. The lowest BCUT2D eigenvalue weighted by Gasteiger charge is -2.18. The van der Waals surface area contributed by atoms with Crippen molar-refractivity contribution < 1.29 is 14.7 Å². The highest BCUT2D eigenvalue weighted by Gasteiger charge is 2.22. The van der Waals surface area contributed by atoms with Gasteiger partial charge < -0.3 is 15.3 Å². The molecule has 5 heteroatoms. The molecule has 0 aliphatic carbocycles. The van der Waals surface area contributed by atoms with Gasteiger partial charge in [-0.25, -0.2) is 4.79 Å². The van der Waals surface area contributed by atoms with Gasteiger partial charge in [-0.1, -0.05) is 26.0 Å². The fourth-order valence-electron chi connectivity index (χ4n) is 2.01. The molecular weight excluding hydrogens is 268 g/mol. The molecule has 0 fully saturated rings. The predicted octanol–water partition coefficient (Wildman–Crippen LogP) is 1.91. The van der Waals surface area contributed by atoms with E-state index in [4.69, 9.17) is 5.11 Å². The number of carbonyl (C=O) groups excluding carboxylic acids is 1. The minimum Gasteiger partial charge on any atom is -0.480 e. The highest BCUT2D eigenvalue weighted by atomic mass is 16.4. The average Bonchev–Trinajstić information content (AvgIpc) is 2.42. The number of carboxylic acids is 1.